The number of anilines is 1. The summed E-state index contributed by atoms with van der Waals surface area (Å²) in [7, 11) is 1.52. The highest BCUT2D eigenvalue weighted by Gasteiger charge is 2.09. The third kappa shape index (κ3) is 4.86. The average Bonchev–Trinajstić information content (AvgIpc) is 2.53. The van der Waals surface area contributed by atoms with Crippen LogP contribution in [-0.2, 0) is 11.4 Å². The van der Waals surface area contributed by atoms with Crippen LogP contribution in [0.15, 0.2) is 40.9 Å². The van der Waals surface area contributed by atoms with Gasteiger partial charge in [0.2, 0.25) is 0 Å². The van der Waals surface area contributed by atoms with E-state index >= 15 is 0 Å². The second-order valence-corrected chi connectivity index (χ2v) is 5.92. The van der Waals surface area contributed by atoms with Crippen molar-refractivity contribution in [1.29, 1.82) is 0 Å². The molecule has 23 heavy (non-hydrogen) atoms. The zero-order chi connectivity index (χ0) is 16.8. The molecule has 0 aliphatic heterocycles. The summed E-state index contributed by atoms with van der Waals surface area (Å²) >= 11 is 9.31. The predicted molar refractivity (Wildman–Crippen MR) is 92.2 cm³/mol. The summed E-state index contributed by atoms with van der Waals surface area (Å²) in [6, 6.07) is 10.1. The molecule has 7 heteroatoms. The van der Waals surface area contributed by atoms with Crippen LogP contribution in [0, 0.1) is 0 Å². The summed E-state index contributed by atoms with van der Waals surface area (Å²) in [6.45, 7) is -0.358. The molecular formula is C16H15BrClNO4. The summed E-state index contributed by atoms with van der Waals surface area (Å²) in [5.74, 6) is 0.653. The molecule has 0 bridgehead atoms. The van der Waals surface area contributed by atoms with Gasteiger partial charge in [-0.2, -0.15) is 0 Å². The van der Waals surface area contributed by atoms with Crippen LogP contribution in [-0.4, -0.2) is 24.7 Å². The molecule has 2 aromatic carbocycles. The Morgan fingerprint density at radius 3 is 2.65 bits per heavy atom. The first-order valence-electron chi connectivity index (χ1n) is 6.69. The number of nitrogens with one attached hydrogen (secondary N) is 1. The van der Waals surface area contributed by atoms with E-state index in [-0.39, 0.29) is 19.1 Å². The highest BCUT2D eigenvalue weighted by atomic mass is 79.9. The van der Waals surface area contributed by atoms with Crippen LogP contribution in [0.2, 0.25) is 5.02 Å². The molecule has 0 aliphatic carbocycles. The average molecular weight is 401 g/mol. The zero-order valence-electron chi connectivity index (χ0n) is 12.3. The number of carbonyl (C=O) groups excluding carboxylic acids is 1. The van der Waals surface area contributed by atoms with Crippen LogP contribution in [0.4, 0.5) is 5.69 Å². The molecule has 0 radical (unpaired) electrons. The van der Waals surface area contributed by atoms with Gasteiger partial charge in [-0.1, -0.05) is 27.5 Å². The smallest absolute Gasteiger partial charge is 0.262 e. The number of hydrogen-bond acceptors (Lipinski definition) is 4. The molecule has 5 nitrogen and oxygen atoms in total. The molecule has 2 rings (SSSR count). The summed E-state index contributed by atoms with van der Waals surface area (Å²) in [5, 5.41) is 12.4. The summed E-state index contributed by atoms with van der Waals surface area (Å²) in [5.41, 5.74) is 1.14. The van der Waals surface area contributed by atoms with Gasteiger partial charge < -0.3 is 19.9 Å². The number of aliphatic hydroxyl groups excluding tert-OH is 1. The lowest BCUT2D eigenvalue weighted by molar-refractivity contribution is -0.118. The van der Waals surface area contributed by atoms with Gasteiger partial charge >= 0.3 is 0 Å². The van der Waals surface area contributed by atoms with Crippen molar-refractivity contribution in [3.8, 4) is 11.5 Å². The standard InChI is InChI=1S/C16H15BrClNO4/c1-22-15-5-3-12(7-13(15)18)19-16(21)9-23-14-4-2-11(17)6-10(14)8-20/h2-7,20H,8-9H2,1H3,(H,19,21). The molecule has 0 unspecified atom stereocenters. The van der Waals surface area contributed by atoms with Crippen molar-refractivity contribution in [2.24, 2.45) is 0 Å². The van der Waals surface area contributed by atoms with Gasteiger partial charge in [-0.25, -0.2) is 0 Å². The molecule has 0 saturated carbocycles. The highest BCUT2D eigenvalue weighted by Crippen LogP contribution is 2.27. The third-order valence-electron chi connectivity index (χ3n) is 2.99. The number of amides is 1. The summed E-state index contributed by atoms with van der Waals surface area (Å²) < 4.78 is 11.3. The molecule has 0 fully saturated rings. The van der Waals surface area contributed by atoms with Gasteiger partial charge in [0.25, 0.3) is 5.91 Å². The van der Waals surface area contributed by atoms with Crippen LogP contribution in [0.1, 0.15) is 5.56 Å². The van der Waals surface area contributed by atoms with Gasteiger partial charge in [-0.05, 0) is 36.4 Å². The predicted octanol–water partition coefficient (Wildman–Crippen LogP) is 3.62. The number of halogens is 2. The van der Waals surface area contributed by atoms with Crippen molar-refractivity contribution < 1.29 is 19.4 Å². The van der Waals surface area contributed by atoms with Crippen molar-refractivity contribution in [3.63, 3.8) is 0 Å². The molecule has 0 spiro atoms. The first kappa shape index (κ1) is 17.6. The number of rotatable bonds is 6. The van der Waals surface area contributed by atoms with Crippen molar-refractivity contribution in [3.05, 3.63) is 51.5 Å². The Balaban J connectivity index is 1.96. The largest absolute Gasteiger partial charge is 0.495 e. The Hall–Kier alpha value is -1.76. The monoisotopic (exact) mass is 399 g/mol. The number of methoxy groups -OCH3 is 1. The highest BCUT2D eigenvalue weighted by molar-refractivity contribution is 9.10. The van der Waals surface area contributed by atoms with Gasteiger partial charge in [0, 0.05) is 15.7 Å². The number of hydrogen-bond donors (Lipinski definition) is 2. The van der Waals surface area contributed by atoms with Crippen LogP contribution in [0.5, 0.6) is 11.5 Å². The van der Waals surface area contributed by atoms with Crippen molar-refractivity contribution in [2.75, 3.05) is 19.0 Å². The summed E-state index contributed by atoms with van der Waals surface area (Å²) in [6.07, 6.45) is 0. The number of benzene rings is 2. The second-order valence-electron chi connectivity index (χ2n) is 4.60. The number of ether oxygens (including phenoxy) is 2. The minimum atomic E-state index is -0.335. The second kappa shape index (κ2) is 8.19. The SMILES string of the molecule is COc1ccc(NC(=O)COc2ccc(Br)cc2CO)cc1Cl. The fourth-order valence-electron chi connectivity index (χ4n) is 1.90. The minimum absolute atomic E-state index is 0.176. The molecule has 2 aromatic rings. The van der Waals surface area contributed by atoms with Crippen molar-refractivity contribution in [1.82, 2.24) is 0 Å². The maximum absolute atomic E-state index is 11.9. The van der Waals surface area contributed by atoms with Crippen molar-refractivity contribution in [2.45, 2.75) is 6.61 Å². The fourth-order valence-corrected chi connectivity index (χ4v) is 2.56. The molecule has 0 aliphatic rings. The molecule has 2 N–H and O–H groups in total. The van der Waals surface area contributed by atoms with Crippen molar-refractivity contribution >= 4 is 39.1 Å². The maximum atomic E-state index is 11.9. The lowest BCUT2D eigenvalue weighted by atomic mass is 10.2. The van der Waals surface area contributed by atoms with E-state index in [2.05, 4.69) is 21.2 Å². The fraction of sp³-hybridized carbons (Fsp3) is 0.188. The Labute approximate surface area is 147 Å². The van der Waals surface area contributed by atoms with Gasteiger partial charge in [-0.3, -0.25) is 4.79 Å². The van der Waals surface area contributed by atoms with E-state index in [1.54, 1.807) is 36.4 Å². The molecule has 0 aromatic heterocycles. The van der Waals surface area contributed by atoms with Crippen LogP contribution in [0.25, 0.3) is 0 Å². The van der Waals surface area contributed by atoms with E-state index in [1.165, 1.54) is 7.11 Å². The minimum Gasteiger partial charge on any atom is -0.495 e. The Morgan fingerprint density at radius 2 is 2.00 bits per heavy atom. The third-order valence-corrected chi connectivity index (χ3v) is 3.78. The number of aliphatic hydroxyl groups is 1. The zero-order valence-corrected chi connectivity index (χ0v) is 14.6. The topological polar surface area (TPSA) is 67.8 Å². The van der Waals surface area contributed by atoms with Gasteiger partial charge in [-0.15, -0.1) is 0 Å². The normalized spacial score (nSPS) is 10.3. The van der Waals surface area contributed by atoms with E-state index in [1.807, 2.05) is 0 Å². The van der Waals surface area contributed by atoms with Crippen LogP contribution < -0.4 is 14.8 Å². The Kier molecular flexibility index (Phi) is 6.27. The number of carbonyl (C=O) groups is 1. The quantitative estimate of drug-likeness (QED) is 0.777. The van der Waals surface area contributed by atoms with Gasteiger partial charge in [0.1, 0.15) is 11.5 Å². The first-order chi connectivity index (χ1) is 11.0. The van der Waals surface area contributed by atoms with Crippen LogP contribution >= 0.6 is 27.5 Å². The molecule has 0 heterocycles. The Morgan fingerprint density at radius 1 is 1.26 bits per heavy atom. The molecular weight excluding hydrogens is 386 g/mol. The molecule has 0 atom stereocenters. The first-order valence-corrected chi connectivity index (χ1v) is 7.86. The summed E-state index contributed by atoms with van der Waals surface area (Å²) in [4.78, 5) is 11.9. The van der Waals surface area contributed by atoms with E-state index in [0.29, 0.717) is 27.8 Å². The van der Waals surface area contributed by atoms with E-state index < -0.39 is 0 Å². The van der Waals surface area contributed by atoms with E-state index in [4.69, 9.17) is 21.1 Å². The maximum Gasteiger partial charge on any atom is 0.262 e. The lowest BCUT2D eigenvalue weighted by Gasteiger charge is -2.11. The van der Waals surface area contributed by atoms with Gasteiger partial charge in [0.15, 0.2) is 6.61 Å². The molecule has 0 saturated heterocycles. The van der Waals surface area contributed by atoms with E-state index in [9.17, 15) is 9.90 Å². The molecule has 1 amide bonds. The van der Waals surface area contributed by atoms with Crippen LogP contribution in [0.3, 0.4) is 0 Å². The lowest BCUT2D eigenvalue weighted by Crippen LogP contribution is -2.20. The molecule has 122 valence electrons. The van der Waals surface area contributed by atoms with Gasteiger partial charge in [0.05, 0.1) is 18.7 Å². The van der Waals surface area contributed by atoms with E-state index in [0.717, 1.165) is 4.47 Å². The Bertz CT molecular complexity index is 708.